The number of anilines is 1. The third kappa shape index (κ3) is 4.15. The topological polar surface area (TPSA) is 77.9 Å². The van der Waals surface area contributed by atoms with Crippen LogP contribution in [0.2, 0.25) is 0 Å². The number of nitrogens with zero attached hydrogens (tertiary/aromatic N) is 4. The summed E-state index contributed by atoms with van der Waals surface area (Å²) in [5.74, 6) is 2.96. The summed E-state index contributed by atoms with van der Waals surface area (Å²) in [7, 11) is 3.26. The second kappa shape index (κ2) is 9.17. The Morgan fingerprint density at radius 1 is 1.14 bits per heavy atom. The van der Waals surface area contributed by atoms with Gasteiger partial charge in [0.15, 0.2) is 0 Å². The maximum absolute atomic E-state index is 6.01. The molecule has 28 heavy (non-hydrogen) atoms. The van der Waals surface area contributed by atoms with E-state index in [0.29, 0.717) is 17.3 Å². The molecule has 10 heteroatoms. The van der Waals surface area contributed by atoms with Crippen molar-refractivity contribution >= 4 is 52.3 Å². The van der Waals surface area contributed by atoms with Gasteiger partial charge in [-0.05, 0) is 34.5 Å². The molecule has 2 aromatic heterocycles. The highest BCUT2D eigenvalue weighted by Gasteiger charge is 2.21. The minimum absolute atomic E-state index is 0. The zero-order valence-electron chi connectivity index (χ0n) is 15.5. The van der Waals surface area contributed by atoms with Crippen LogP contribution in [0.25, 0.3) is 17.0 Å². The molecule has 1 saturated heterocycles. The SMILES string of the molecule is COc1cc(OC)c(-c2cn3ccc(N4CCC(N)C4)nc3n2)cc1Br.Cl.Cl. The van der Waals surface area contributed by atoms with Gasteiger partial charge in [-0.1, -0.05) is 0 Å². The van der Waals surface area contributed by atoms with Crippen molar-refractivity contribution in [1.82, 2.24) is 14.4 Å². The molecular weight excluding hydrogens is 469 g/mol. The molecule has 0 saturated carbocycles. The second-order valence-electron chi connectivity index (χ2n) is 6.30. The number of hydrogen-bond acceptors (Lipinski definition) is 6. The molecular formula is C18H22BrCl2N5O2. The minimum Gasteiger partial charge on any atom is -0.496 e. The first kappa shape index (κ1) is 22.5. The zero-order valence-corrected chi connectivity index (χ0v) is 18.7. The molecule has 0 aliphatic carbocycles. The lowest BCUT2D eigenvalue weighted by Gasteiger charge is -2.16. The number of halogens is 3. The van der Waals surface area contributed by atoms with E-state index < -0.39 is 0 Å². The monoisotopic (exact) mass is 489 g/mol. The fraction of sp³-hybridized carbons (Fsp3) is 0.333. The van der Waals surface area contributed by atoms with E-state index in [4.69, 9.17) is 25.2 Å². The molecule has 1 fully saturated rings. The Balaban J connectivity index is 0.00000140. The summed E-state index contributed by atoms with van der Waals surface area (Å²) >= 11 is 3.52. The lowest BCUT2D eigenvalue weighted by atomic mass is 10.1. The molecule has 0 bridgehead atoms. The molecule has 0 amide bonds. The van der Waals surface area contributed by atoms with E-state index in [-0.39, 0.29) is 30.9 Å². The second-order valence-corrected chi connectivity index (χ2v) is 7.16. The first-order valence-electron chi connectivity index (χ1n) is 8.37. The molecule has 1 unspecified atom stereocenters. The lowest BCUT2D eigenvalue weighted by molar-refractivity contribution is 0.393. The molecule has 1 aliphatic rings. The Kier molecular flexibility index (Phi) is 7.39. The van der Waals surface area contributed by atoms with Gasteiger partial charge in [0.25, 0.3) is 0 Å². The van der Waals surface area contributed by atoms with Gasteiger partial charge in [-0.3, -0.25) is 4.40 Å². The van der Waals surface area contributed by atoms with E-state index in [0.717, 1.165) is 41.1 Å². The van der Waals surface area contributed by atoms with Crippen molar-refractivity contribution in [2.24, 2.45) is 5.73 Å². The smallest absolute Gasteiger partial charge is 0.236 e. The molecule has 0 spiro atoms. The fourth-order valence-electron chi connectivity index (χ4n) is 3.22. The number of rotatable bonds is 4. The van der Waals surface area contributed by atoms with Crippen molar-refractivity contribution in [2.75, 3.05) is 32.2 Å². The molecule has 1 aromatic carbocycles. The highest BCUT2D eigenvalue weighted by molar-refractivity contribution is 9.10. The van der Waals surface area contributed by atoms with Gasteiger partial charge in [-0.15, -0.1) is 24.8 Å². The average molecular weight is 491 g/mol. The minimum atomic E-state index is 0. The van der Waals surface area contributed by atoms with Crippen molar-refractivity contribution in [3.05, 3.63) is 35.1 Å². The molecule has 0 radical (unpaired) electrons. The molecule has 7 nitrogen and oxygen atoms in total. The number of nitrogens with two attached hydrogens (primary N) is 1. The number of methoxy groups -OCH3 is 2. The van der Waals surface area contributed by atoms with Crippen LogP contribution in [0, 0.1) is 0 Å². The van der Waals surface area contributed by atoms with Crippen molar-refractivity contribution in [3.63, 3.8) is 0 Å². The van der Waals surface area contributed by atoms with Crippen LogP contribution in [0.5, 0.6) is 11.5 Å². The van der Waals surface area contributed by atoms with Crippen molar-refractivity contribution in [2.45, 2.75) is 12.5 Å². The third-order valence-electron chi connectivity index (χ3n) is 4.61. The number of aromatic nitrogens is 3. The maximum Gasteiger partial charge on any atom is 0.236 e. The number of benzene rings is 1. The van der Waals surface area contributed by atoms with Gasteiger partial charge >= 0.3 is 0 Å². The van der Waals surface area contributed by atoms with Gasteiger partial charge in [-0.25, -0.2) is 4.98 Å². The summed E-state index contributed by atoms with van der Waals surface area (Å²) in [6.07, 6.45) is 4.91. The van der Waals surface area contributed by atoms with E-state index in [1.54, 1.807) is 14.2 Å². The van der Waals surface area contributed by atoms with Crippen molar-refractivity contribution < 1.29 is 9.47 Å². The van der Waals surface area contributed by atoms with Crippen LogP contribution < -0.4 is 20.1 Å². The fourth-order valence-corrected chi connectivity index (χ4v) is 3.73. The van der Waals surface area contributed by atoms with Crippen molar-refractivity contribution in [1.29, 1.82) is 0 Å². The molecule has 3 heterocycles. The molecule has 3 aromatic rings. The lowest BCUT2D eigenvalue weighted by Crippen LogP contribution is -2.26. The van der Waals surface area contributed by atoms with E-state index in [1.807, 2.05) is 35.0 Å². The predicted octanol–water partition coefficient (Wildman–Crippen LogP) is 3.56. The summed E-state index contributed by atoms with van der Waals surface area (Å²) in [5.41, 5.74) is 7.66. The zero-order chi connectivity index (χ0) is 18.3. The molecule has 1 atom stereocenters. The van der Waals surface area contributed by atoms with E-state index in [9.17, 15) is 0 Å². The average Bonchev–Trinajstić information content (AvgIpc) is 3.26. The maximum atomic E-state index is 6.01. The molecule has 1 aliphatic heterocycles. The highest BCUT2D eigenvalue weighted by atomic mass is 79.9. The van der Waals surface area contributed by atoms with Crippen LogP contribution in [0.4, 0.5) is 5.82 Å². The number of imidazole rings is 1. The third-order valence-corrected chi connectivity index (χ3v) is 5.23. The summed E-state index contributed by atoms with van der Waals surface area (Å²) in [6, 6.07) is 6.00. The van der Waals surface area contributed by atoms with Gasteiger partial charge in [0.05, 0.1) is 24.4 Å². The Hall–Kier alpha value is -1.74. The summed E-state index contributed by atoms with van der Waals surface area (Å²) in [5, 5.41) is 0. The summed E-state index contributed by atoms with van der Waals surface area (Å²) < 4.78 is 13.6. The normalized spacial score (nSPS) is 15.9. The standard InChI is InChI=1S/C18H20BrN5O2.2ClH/c1-25-15-8-16(26-2)13(19)7-12(15)14-10-24-6-4-17(22-18(24)21-14)23-5-3-11(20)9-23;;/h4,6-8,10-11H,3,5,9,20H2,1-2H3;2*1H. The number of ether oxygens (including phenoxy) is 2. The Bertz CT molecular complexity index is 969. The van der Waals surface area contributed by atoms with Crippen LogP contribution >= 0.6 is 40.7 Å². The van der Waals surface area contributed by atoms with Crippen molar-refractivity contribution in [3.8, 4) is 22.8 Å². The Morgan fingerprint density at radius 3 is 2.54 bits per heavy atom. The highest BCUT2D eigenvalue weighted by Crippen LogP contribution is 2.38. The van der Waals surface area contributed by atoms with Crippen LogP contribution in [-0.2, 0) is 0 Å². The first-order valence-corrected chi connectivity index (χ1v) is 9.16. The molecule has 2 N–H and O–H groups in total. The quantitative estimate of drug-likeness (QED) is 0.602. The summed E-state index contributed by atoms with van der Waals surface area (Å²) in [6.45, 7) is 1.76. The van der Waals surface area contributed by atoms with Gasteiger partial charge in [0, 0.05) is 43.2 Å². The first-order chi connectivity index (χ1) is 12.6. The molecule has 4 rings (SSSR count). The van der Waals surface area contributed by atoms with E-state index >= 15 is 0 Å². The van der Waals surface area contributed by atoms with E-state index in [2.05, 4.69) is 20.8 Å². The Labute approximate surface area is 184 Å². The van der Waals surface area contributed by atoms with Crippen LogP contribution in [0.1, 0.15) is 6.42 Å². The van der Waals surface area contributed by atoms with Gasteiger partial charge in [0.1, 0.15) is 17.3 Å². The van der Waals surface area contributed by atoms with Gasteiger partial charge < -0.3 is 20.1 Å². The molecule has 152 valence electrons. The number of hydrogen-bond donors (Lipinski definition) is 1. The van der Waals surface area contributed by atoms with Crippen LogP contribution in [0.15, 0.2) is 35.1 Å². The van der Waals surface area contributed by atoms with Gasteiger partial charge in [-0.2, -0.15) is 4.98 Å². The van der Waals surface area contributed by atoms with Crippen LogP contribution in [-0.4, -0.2) is 47.7 Å². The largest absolute Gasteiger partial charge is 0.496 e. The van der Waals surface area contributed by atoms with Crippen LogP contribution in [0.3, 0.4) is 0 Å². The Morgan fingerprint density at radius 2 is 1.89 bits per heavy atom. The van der Waals surface area contributed by atoms with Gasteiger partial charge in [0.2, 0.25) is 5.78 Å². The summed E-state index contributed by atoms with van der Waals surface area (Å²) in [4.78, 5) is 11.6. The number of fused-ring (bicyclic) bond motifs is 1. The van der Waals surface area contributed by atoms with E-state index in [1.165, 1.54) is 0 Å². The predicted molar refractivity (Wildman–Crippen MR) is 119 cm³/mol.